The van der Waals surface area contributed by atoms with Gasteiger partial charge in [0.25, 0.3) is 0 Å². The van der Waals surface area contributed by atoms with Crippen LogP contribution in [0.5, 0.6) is 0 Å². The number of rotatable bonds is 5. The van der Waals surface area contributed by atoms with Crippen LogP contribution in [0, 0.1) is 5.82 Å². The van der Waals surface area contributed by atoms with Gasteiger partial charge in [-0.05, 0) is 37.5 Å². The molecule has 20 heavy (non-hydrogen) atoms. The largest absolute Gasteiger partial charge is 0.389 e. The van der Waals surface area contributed by atoms with Crippen LogP contribution in [0.3, 0.4) is 0 Å². The third-order valence-electron chi connectivity index (χ3n) is 3.71. The van der Waals surface area contributed by atoms with E-state index >= 15 is 0 Å². The third-order valence-corrected chi connectivity index (χ3v) is 3.94. The first-order chi connectivity index (χ1) is 9.46. The van der Waals surface area contributed by atoms with Crippen LogP contribution in [-0.4, -0.2) is 23.6 Å². The zero-order valence-corrected chi connectivity index (χ0v) is 12.1. The number of anilines is 1. The molecular formula is C14H17FN2O2S. The van der Waals surface area contributed by atoms with Crippen molar-refractivity contribution < 1.29 is 13.9 Å². The first-order valence-electron chi connectivity index (χ1n) is 6.40. The maximum absolute atomic E-state index is 13.8. The van der Waals surface area contributed by atoms with Crippen molar-refractivity contribution in [3.05, 3.63) is 29.6 Å². The van der Waals surface area contributed by atoms with Crippen molar-refractivity contribution in [3.8, 4) is 0 Å². The number of amides is 1. The van der Waals surface area contributed by atoms with Crippen LogP contribution in [0.25, 0.3) is 0 Å². The van der Waals surface area contributed by atoms with Gasteiger partial charge < -0.3 is 15.8 Å². The summed E-state index contributed by atoms with van der Waals surface area (Å²) in [5.74, 6) is -0.808. The third kappa shape index (κ3) is 3.13. The maximum atomic E-state index is 13.8. The van der Waals surface area contributed by atoms with E-state index in [-0.39, 0.29) is 28.6 Å². The molecule has 0 heterocycles. The van der Waals surface area contributed by atoms with Crippen molar-refractivity contribution in [2.24, 2.45) is 5.73 Å². The van der Waals surface area contributed by atoms with Gasteiger partial charge in [-0.1, -0.05) is 12.2 Å². The minimum absolute atomic E-state index is 0.120. The lowest BCUT2D eigenvalue weighted by Crippen LogP contribution is -2.42. The highest BCUT2D eigenvalue weighted by Gasteiger charge is 2.39. The summed E-state index contributed by atoms with van der Waals surface area (Å²) in [6.07, 6.45) is 3.01. The average molecular weight is 296 g/mol. The summed E-state index contributed by atoms with van der Waals surface area (Å²) < 4.78 is 19.2. The summed E-state index contributed by atoms with van der Waals surface area (Å²) in [7, 11) is 1.60. The van der Waals surface area contributed by atoms with Gasteiger partial charge in [0.15, 0.2) is 0 Å². The first-order valence-corrected chi connectivity index (χ1v) is 6.81. The predicted octanol–water partition coefficient (Wildman–Crippen LogP) is 2.36. The van der Waals surface area contributed by atoms with Crippen LogP contribution in [-0.2, 0) is 9.53 Å². The molecule has 108 valence electrons. The second kappa shape index (κ2) is 5.85. The van der Waals surface area contributed by atoms with E-state index in [9.17, 15) is 9.18 Å². The first kappa shape index (κ1) is 14.9. The van der Waals surface area contributed by atoms with E-state index in [2.05, 4.69) is 5.32 Å². The summed E-state index contributed by atoms with van der Waals surface area (Å²) in [6.45, 7) is 0. The summed E-state index contributed by atoms with van der Waals surface area (Å²) in [6, 6.07) is 4.26. The van der Waals surface area contributed by atoms with Gasteiger partial charge in [0.2, 0.25) is 5.91 Å². The Morgan fingerprint density at radius 1 is 1.55 bits per heavy atom. The second-order valence-corrected chi connectivity index (χ2v) is 5.46. The van der Waals surface area contributed by atoms with Crippen LogP contribution in [0.4, 0.5) is 10.1 Å². The topological polar surface area (TPSA) is 64.3 Å². The standard InChI is InChI=1S/C14H17FN2O2S/c1-19-14(5-2-6-14)8-12(18)17-11-4-3-9(13(16)20)7-10(11)15/h3-4,7H,2,5-6,8H2,1H3,(H2,16,20)(H,17,18). The zero-order valence-electron chi connectivity index (χ0n) is 11.2. The minimum Gasteiger partial charge on any atom is -0.389 e. The number of ether oxygens (including phenoxy) is 1. The smallest absolute Gasteiger partial charge is 0.227 e. The van der Waals surface area contributed by atoms with Crippen LogP contribution >= 0.6 is 12.2 Å². The van der Waals surface area contributed by atoms with Gasteiger partial charge in [-0.25, -0.2) is 4.39 Å². The molecule has 1 aliphatic rings. The Hall–Kier alpha value is -1.53. The van der Waals surface area contributed by atoms with E-state index in [1.54, 1.807) is 13.2 Å². The monoisotopic (exact) mass is 296 g/mol. The second-order valence-electron chi connectivity index (χ2n) is 5.02. The molecule has 1 aromatic rings. The van der Waals surface area contributed by atoms with Crippen molar-refractivity contribution in [1.29, 1.82) is 0 Å². The number of halogens is 1. The van der Waals surface area contributed by atoms with Crippen molar-refractivity contribution in [2.45, 2.75) is 31.3 Å². The molecule has 0 spiro atoms. The summed E-state index contributed by atoms with van der Waals surface area (Å²) >= 11 is 4.77. The van der Waals surface area contributed by atoms with E-state index in [1.807, 2.05) is 0 Å². The molecule has 6 heteroatoms. The lowest BCUT2D eigenvalue weighted by Gasteiger charge is -2.39. The molecule has 0 bridgehead atoms. The Morgan fingerprint density at radius 2 is 2.25 bits per heavy atom. The fourth-order valence-electron chi connectivity index (χ4n) is 2.28. The zero-order chi connectivity index (χ0) is 14.8. The number of carbonyl (C=O) groups is 1. The van der Waals surface area contributed by atoms with E-state index < -0.39 is 5.82 Å². The number of nitrogens with one attached hydrogen (secondary N) is 1. The summed E-state index contributed by atoms with van der Waals surface area (Å²) in [5, 5.41) is 2.56. The van der Waals surface area contributed by atoms with Crippen molar-refractivity contribution in [3.63, 3.8) is 0 Å². The lowest BCUT2D eigenvalue weighted by molar-refractivity contribution is -0.129. The van der Waals surface area contributed by atoms with E-state index in [0.717, 1.165) is 19.3 Å². The Morgan fingerprint density at radius 3 is 2.70 bits per heavy atom. The summed E-state index contributed by atoms with van der Waals surface area (Å²) in [4.78, 5) is 12.1. The molecule has 3 N–H and O–H groups in total. The quantitative estimate of drug-likeness (QED) is 0.819. The van der Waals surface area contributed by atoms with Crippen LogP contribution in [0.1, 0.15) is 31.2 Å². The molecule has 1 amide bonds. The lowest BCUT2D eigenvalue weighted by atomic mass is 9.77. The fraction of sp³-hybridized carbons (Fsp3) is 0.429. The number of thiocarbonyl (C=S) groups is 1. The molecule has 0 aromatic heterocycles. The van der Waals surface area contributed by atoms with Crippen molar-refractivity contribution in [1.82, 2.24) is 0 Å². The molecule has 1 aromatic carbocycles. The normalized spacial score (nSPS) is 16.3. The molecule has 4 nitrogen and oxygen atoms in total. The molecule has 0 aliphatic heterocycles. The van der Waals surface area contributed by atoms with E-state index in [0.29, 0.717) is 5.56 Å². The highest BCUT2D eigenvalue weighted by Crippen LogP contribution is 2.38. The van der Waals surface area contributed by atoms with Gasteiger partial charge in [-0.3, -0.25) is 4.79 Å². The number of hydrogen-bond acceptors (Lipinski definition) is 3. The molecule has 1 fully saturated rings. The number of hydrogen-bond donors (Lipinski definition) is 2. The SMILES string of the molecule is COC1(CC(=O)Nc2ccc(C(N)=S)cc2F)CCC1. The molecule has 0 radical (unpaired) electrons. The van der Waals surface area contributed by atoms with Crippen molar-refractivity contribution in [2.75, 3.05) is 12.4 Å². The molecule has 0 unspecified atom stereocenters. The minimum atomic E-state index is -0.552. The van der Waals surface area contributed by atoms with Crippen LogP contribution in [0.2, 0.25) is 0 Å². The number of carbonyl (C=O) groups excluding carboxylic acids is 1. The molecule has 1 saturated carbocycles. The molecule has 0 atom stereocenters. The van der Waals surface area contributed by atoms with E-state index in [1.165, 1.54) is 12.1 Å². The predicted molar refractivity (Wildman–Crippen MR) is 79.1 cm³/mol. The van der Waals surface area contributed by atoms with Gasteiger partial charge in [0, 0.05) is 12.7 Å². The average Bonchev–Trinajstić information content (AvgIpc) is 2.36. The van der Waals surface area contributed by atoms with Crippen molar-refractivity contribution >= 4 is 28.8 Å². The highest BCUT2D eigenvalue weighted by atomic mass is 32.1. The van der Waals surface area contributed by atoms with Gasteiger partial charge in [-0.2, -0.15) is 0 Å². The Bertz CT molecular complexity index is 538. The van der Waals surface area contributed by atoms with Gasteiger partial charge >= 0.3 is 0 Å². The molecule has 2 rings (SSSR count). The maximum Gasteiger partial charge on any atom is 0.227 e. The number of benzene rings is 1. The fourth-order valence-corrected chi connectivity index (χ4v) is 2.41. The molecular weight excluding hydrogens is 279 g/mol. The van der Waals surface area contributed by atoms with E-state index in [4.69, 9.17) is 22.7 Å². The van der Waals surface area contributed by atoms with Gasteiger partial charge in [0.1, 0.15) is 10.8 Å². The summed E-state index contributed by atoms with van der Waals surface area (Å²) in [5.41, 5.74) is 5.60. The van der Waals surface area contributed by atoms with Gasteiger partial charge in [0.05, 0.1) is 17.7 Å². The van der Waals surface area contributed by atoms with Crippen LogP contribution in [0.15, 0.2) is 18.2 Å². The molecule has 0 saturated heterocycles. The number of nitrogens with two attached hydrogens (primary N) is 1. The Kier molecular flexibility index (Phi) is 4.35. The Balaban J connectivity index is 2.02. The molecule has 1 aliphatic carbocycles. The van der Waals surface area contributed by atoms with Gasteiger partial charge in [-0.15, -0.1) is 0 Å². The highest BCUT2D eigenvalue weighted by molar-refractivity contribution is 7.80. The Labute approximate surface area is 122 Å². The number of methoxy groups -OCH3 is 1. The van der Waals surface area contributed by atoms with Crippen LogP contribution < -0.4 is 11.1 Å².